The van der Waals surface area contributed by atoms with E-state index in [-0.39, 0.29) is 5.91 Å². The predicted octanol–water partition coefficient (Wildman–Crippen LogP) is 7.35. The number of methoxy groups -OCH3 is 2. The van der Waals surface area contributed by atoms with Gasteiger partial charge >= 0.3 is 0 Å². The standard InChI is InChI=1S/C31H29N3O3S/c1-5-19-8-6-7-9-23(19)33-30(35)29-28(32)27-22(21-14-15-25(36-3)26(16-21)37-4)17-24(34-31(27)38-29)20-12-10-18(2)11-13-20/h6-17H,5,32H2,1-4H3,(H,33,35). The lowest BCUT2D eigenvalue weighted by atomic mass is 9.98. The number of rotatable bonds is 7. The molecule has 192 valence electrons. The number of pyridine rings is 1. The third-order valence-corrected chi connectivity index (χ3v) is 7.69. The lowest BCUT2D eigenvalue weighted by Crippen LogP contribution is -2.13. The van der Waals surface area contributed by atoms with Gasteiger partial charge < -0.3 is 20.5 Å². The van der Waals surface area contributed by atoms with Crippen LogP contribution >= 0.6 is 11.3 Å². The Morgan fingerprint density at radius 1 is 0.947 bits per heavy atom. The van der Waals surface area contributed by atoms with Crippen molar-refractivity contribution in [1.29, 1.82) is 0 Å². The first-order valence-electron chi connectivity index (χ1n) is 12.3. The molecule has 0 atom stereocenters. The molecule has 5 aromatic rings. The number of nitrogen functional groups attached to an aromatic ring is 1. The molecule has 3 aromatic carbocycles. The fraction of sp³-hybridized carbons (Fsp3) is 0.161. The molecule has 2 heterocycles. The summed E-state index contributed by atoms with van der Waals surface area (Å²) in [6, 6.07) is 23.8. The number of ether oxygens (including phenoxy) is 2. The molecule has 0 aliphatic carbocycles. The highest BCUT2D eigenvalue weighted by atomic mass is 32.1. The second kappa shape index (κ2) is 10.6. The van der Waals surface area contributed by atoms with E-state index in [1.54, 1.807) is 14.2 Å². The average Bonchev–Trinajstić information content (AvgIpc) is 3.29. The normalized spacial score (nSPS) is 10.9. The van der Waals surface area contributed by atoms with Gasteiger partial charge in [0.15, 0.2) is 11.5 Å². The number of aryl methyl sites for hydroxylation is 2. The molecule has 0 bridgehead atoms. The van der Waals surface area contributed by atoms with Gasteiger partial charge in [-0.15, -0.1) is 11.3 Å². The van der Waals surface area contributed by atoms with Gasteiger partial charge in [0, 0.05) is 16.6 Å². The van der Waals surface area contributed by atoms with Gasteiger partial charge in [-0.3, -0.25) is 4.79 Å². The maximum Gasteiger partial charge on any atom is 0.267 e. The van der Waals surface area contributed by atoms with E-state index >= 15 is 0 Å². The number of hydrogen-bond acceptors (Lipinski definition) is 6. The first-order chi connectivity index (χ1) is 18.4. The van der Waals surface area contributed by atoms with E-state index in [1.807, 2.05) is 60.7 Å². The monoisotopic (exact) mass is 523 g/mol. The van der Waals surface area contributed by atoms with Crippen LogP contribution in [0, 0.1) is 6.92 Å². The van der Waals surface area contributed by atoms with Crippen LogP contribution in [0.3, 0.4) is 0 Å². The van der Waals surface area contributed by atoms with Crippen molar-refractivity contribution in [3.63, 3.8) is 0 Å². The van der Waals surface area contributed by atoms with Crippen molar-refractivity contribution in [2.75, 3.05) is 25.3 Å². The van der Waals surface area contributed by atoms with Crippen LogP contribution in [0.1, 0.15) is 27.7 Å². The minimum atomic E-state index is -0.249. The quantitative estimate of drug-likeness (QED) is 0.233. The van der Waals surface area contributed by atoms with Gasteiger partial charge in [0.25, 0.3) is 5.91 Å². The molecule has 7 heteroatoms. The summed E-state index contributed by atoms with van der Waals surface area (Å²) in [5, 5.41) is 3.79. The zero-order valence-corrected chi connectivity index (χ0v) is 22.6. The van der Waals surface area contributed by atoms with Crippen molar-refractivity contribution in [2.24, 2.45) is 0 Å². The van der Waals surface area contributed by atoms with E-state index in [0.717, 1.165) is 45.4 Å². The number of para-hydroxylation sites is 1. The molecule has 0 saturated heterocycles. The largest absolute Gasteiger partial charge is 0.493 e. The van der Waals surface area contributed by atoms with Gasteiger partial charge in [-0.2, -0.15) is 0 Å². The van der Waals surface area contributed by atoms with E-state index in [4.69, 9.17) is 20.2 Å². The highest BCUT2D eigenvalue weighted by molar-refractivity contribution is 7.21. The molecule has 3 N–H and O–H groups in total. The fourth-order valence-corrected chi connectivity index (χ4v) is 5.54. The molecular formula is C31H29N3O3S. The van der Waals surface area contributed by atoms with Crippen LogP contribution < -0.4 is 20.5 Å². The van der Waals surface area contributed by atoms with Crippen LogP contribution in [0.2, 0.25) is 0 Å². The van der Waals surface area contributed by atoms with Crippen LogP contribution in [-0.4, -0.2) is 25.1 Å². The minimum absolute atomic E-state index is 0.249. The van der Waals surface area contributed by atoms with E-state index in [2.05, 4.69) is 31.3 Å². The number of benzene rings is 3. The Hall–Kier alpha value is -4.36. The van der Waals surface area contributed by atoms with E-state index < -0.39 is 0 Å². The Kier molecular flexibility index (Phi) is 7.03. The minimum Gasteiger partial charge on any atom is -0.493 e. The molecule has 0 fully saturated rings. The summed E-state index contributed by atoms with van der Waals surface area (Å²) < 4.78 is 11.0. The van der Waals surface area contributed by atoms with E-state index in [0.29, 0.717) is 26.9 Å². The predicted molar refractivity (Wildman–Crippen MR) is 157 cm³/mol. The maximum absolute atomic E-state index is 13.5. The van der Waals surface area contributed by atoms with E-state index in [1.165, 1.54) is 16.9 Å². The number of nitrogens with two attached hydrogens (primary N) is 1. The Morgan fingerprint density at radius 3 is 2.37 bits per heavy atom. The molecule has 0 aliphatic rings. The summed E-state index contributed by atoms with van der Waals surface area (Å²) in [4.78, 5) is 19.5. The van der Waals surface area contributed by atoms with Crippen molar-refractivity contribution in [3.05, 3.63) is 88.8 Å². The molecule has 0 radical (unpaired) electrons. The topological polar surface area (TPSA) is 86.5 Å². The molecule has 2 aromatic heterocycles. The number of nitrogens with zero attached hydrogens (tertiary/aromatic N) is 1. The van der Waals surface area contributed by atoms with Gasteiger partial charge in [0.05, 0.1) is 25.6 Å². The van der Waals surface area contributed by atoms with Crippen molar-refractivity contribution in [1.82, 2.24) is 4.98 Å². The van der Waals surface area contributed by atoms with Gasteiger partial charge in [-0.05, 0) is 54.3 Å². The van der Waals surface area contributed by atoms with Gasteiger partial charge in [-0.25, -0.2) is 4.98 Å². The number of thiophene rings is 1. The van der Waals surface area contributed by atoms with Crippen LogP contribution in [-0.2, 0) is 6.42 Å². The Morgan fingerprint density at radius 2 is 1.66 bits per heavy atom. The Balaban J connectivity index is 1.69. The van der Waals surface area contributed by atoms with Crippen molar-refractivity contribution in [3.8, 4) is 33.9 Å². The maximum atomic E-state index is 13.5. The van der Waals surface area contributed by atoms with Gasteiger partial charge in [0.2, 0.25) is 0 Å². The summed E-state index contributed by atoms with van der Waals surface area (Å²) in [5.41, 5.74) is 13.6. The number of aromatic nitrogens is 1. The molecule has 5 rings (SSSR count). The lowest BCUT2D eigenvalue weighted by Gasteiger charge is -2.12. The third kappa shape index (κ3) is 4.68. The number of nitrogens with one attached hydrogen (secondary N) is 1. The summed E-state index contributed by atoms with van der Waals surface area (Å²) >= 11 is 1.30. The summed E-state index contributed by atoms with van der Waals surface area (Å²) in [6.07, 6.45) is 0.809. The molecule has 0 spiro atoms. The summed E-state index contributed by atoms with van der Waals surface area (Å²) in [5.74, 6) is 0.990. The second-order valence-corrected chi connectivity index (χ2v) is 9.98. The van der Waals surface area contributed by atoms with Crippen molar-refractivity contribution >= 4 is 38.8 Å². The number of fused-ring (bicyclic) bond motifs is 1. The summed E-state index contributed by atoms with van der Waals surface area (Å²) in [7, 11) is 3.22. The fourth-order valence-electron chi connectivity index (χ4n) is 4.52. The highest BCUT2D eigenvalue weighted by Gasteiger charge is 2.23. The smallest absolute Gasteiger partial charge is 0.267 e. The number of anilines is 2. The van der Waals surface area contributed by atoms with Gasteiger partial charge in [0.1, 0.15) is 9.71 Å². The molecule has 38 heavy (non-hydrogen) atoms. The Labute approximate surface area is 226 Å². The first-order valence-corrected chi connectivity index (χ1v) is 13.2. The lowest BCUT2D eigenvalue weighted by molar-refractivity contribution is 0.103. The van der Waals surface area contributed by atoms with Crippen molar-refractivity contribution in [2.45, 2.75) is 20.3 Å². The van der Waals surface area contributed by atoms with Crippen LogP contribution in [0.15, 0.2) is 72.8 Å². The molecule has 6 nitrogen and oxygen atoms in total. The zero-order chi connectivity index (χ0) is 26.8. The average molecular weight is 524 g/mol. The van der Waals surface area contributed by atoms with Crippen LogP contribution in [0.25, 0.3) is 32.6 Å². The van der Waals surface area contributed by atoms with E-state index in [9.17, 15) is 4.79 Å². The third-order valence-electron chi connectivity index (χ3n) is 6.59. The number of amides is 1. The van der Waals surface area contributed by atoms with Crippen LogP contribution in [0.5, 0.6) is 11.5 Å². The van der Waals surface area contributed by atoms with Gasteiger partial charge in [-0.1, -0.05) is 61.0 Å². The highest BCUT2D eigenvalue weighted by Crippen LogP contribution is 2.43. The summed E-state index contributed by atoms with van der Waals surface area (Å²) in [6.45, 7) is 4.11. The number of carbonyl (C=O) groups excluding carboxylic acids is 1. The Bertz CT molecular complexity index is 1640. The number of carbonyl (C=O) groups is 1. The molecular weight excluding hydrogens is 494 g/mol. The molecule has 1 amide bonds. The SMILES string of the molecule is CCc1ccccc1NC(=O)c1sc2nc(-c3ccc(C)cc3)cc(-c3ccc(OC)c(OC)c3)c2c1N. The molecule has 0 aliphatic heterocycles. The van der Waals surface area contributed by atoms with Crippen molar-refractivity contribution < 1.29 is 14.3 Å². The second-order valence-electron chi connectivity index (χ2n) is 8.98. The molecule has 0 saturated carbocycles. The van der Waals surface area contributed by atoms with Crippen LogP contribution in [0.4, 0.5) is 11.4 Å². The first kappa shape index (κ1) is 25.3. The molecule has 0 unspecified atom stereocenters. The zero-order valence-electron chi connectivity index (χ0n) is 21.8. The number of hydrogen-bond donors (Lipinski definition) is 2.